The quantitative estimate of drug-likeness (QED) is 0.919. The van der Waals surface area contributed by atoms with Gasteiger partial charge in [-0.1, -0.05) is 30.3 Å². The molecule has 0 spiro atoms. The van der Waals surface area contributed by atoms with Gasteiger partial charge in [0.25, 0.3) is 5.91 Å². The molecule has 1 saturated heterocycles. The number of benzene rings is 2. The van der Waals surface area contributed by atoms with Crippen LogP contribution in [0.5, 0.6) is 0 Å². The van der Waals surface area contributed by atoms with Gasteiger partial charge in [0.05, 0.1) is 5.56 Å². The molecule has 1 amide bonds. The lowest BCUT2D eigenvalue weighted by molar-refractivity contribution is 0.0684. The third kappa shape index (κ3) is 3.34. The Morgan fingerprint density at radius 3 is 2.58 bits per heavy atom. The second kappa shape index (κ2) is 6.73. The molecule has 0 radical (unpaired) electrons. The normalized spacial score (nSPS) is 20.9. The first-order valence-electron chi connectivity index (χ1n) is 8.32. The fraction of sp³-hybridized carbons (Fsp3) is 0.350. The highest BCUT2D eigenvalue weighted by Gasteiger charge is 2.30. The van der Waals surface area contributed by atoms with Crippen LogP contribution >= 0.6 is 0 Å². The number of piperidine rings is 1. The molecule has 4 heteroatoms. The van der Waals surface area contributed by atoms with Gasteiger partial charge in [-0.2, -0.15) is 0 Å². The zero-order chi connectivity index (χ0) is 17.3. The van der Waals surface area contributed by atoms with Crippen molar-refractivity contribution in [1.82, 2.24) is 4.90 Å². The van der Waals surface area contributed by atoms with E-state index in [1.165, 1.54) is 28.8 Å². The van der Waals surface area contributed by atoms with E-state index in [0.29, 0.717) is 13.1 Å². The summed E-state index contributed by atoms with van der Waals surface area (Å²) in [4.78, 5) is 14.4. The zero-order valence-corrected chi connectivity index (χ0v) is 14.1. The summed E-state index contributed by atoms with van der Waals surface area (Å²) in [6, 6.07) is 12.4. The van der Waals surface area contributed by atoms with Crippen molar-refractivity contribution >= 4 is 5.91 Å². The summed E-state index contributed by atoms with van der Waals surface area (Å²) in [7, 11) is 0. The van der Waals surface area contributed by atoms with Gasteiger partial charge in [-0.25, -0.2) is 4.39 Å². The molecule has 126 valence electrons. The van der Waals surface area contributed by atoms with Gasteiger partial charge >= 0.3 is 0 Å². The van der Waals surface area contributed by atoms with Gasteiger partial charge in [0.1, 0.15) is 5.82 Å². The van der Waals surface area contributed by atoms with Crippen LogP contribution in [0.25, 0.3) is 0 Å². The molecule has 2 aromatic carbocycles. The van der Waals surface area contributed by atoms with E-state index in [1.54, 1.807) is 17.0 Å². The Balaban J connectivity index is 1.84. The molecule has 1 aliphatic heterocycles. The highest BCUT2D eigenvalue weighted by atomic mass is 19.1. The van der Waals surface area contributed by atoms with E-state index in [0.717, 1.165) is 6.42 Å². The van der Waals surface area contributed by atoms with Crippen molar-refractivity contribution in [3.63, 3.8) is 0 Å². The molecular formula is C20H23FN2O. The van der Waals surface area contributed by atoms with Crippen molar-refractivity contribution in [3.8, 4) is 0 Å². The number of nitrogens with zero attached hydrogens (tertiary/aromatic N) is 1. The summed E-state index contributed by atoms with van der Waals surface area (Å²) in [6.07, 6.45) is 0.837. The number of hydrogen-bond donors (Lipinski definition) is 1. The van der Waals surface area contributed by atoms with Crippen LogP contribution in [0.4, 0.5) is 4.39 Å². The summed E-state index contributed by atoms with van der Waals surface area (Å²) in [5.74, 6) is -0.578. The lowest BCUT2D eigenvalue weighted by Gasteiger charge is -2.37. The van der Waals surface area contributed by atoms with Crippen molar-refractivity contribution < 1.29 is 9.18 Å². The third-order valence-corrected chi connectivity index (χ3v) is 4.88. The van der Waals surface area contributed by atoms with E-state index in [-0.39, 0.29) is 23.4 Å². The fourth-order valence-electron chi connectivity index (χ4n) is 3.37. The molecule has 2 N–H and O–H groups in total. The molecule has 0 bridgehead atoms. The van der Waals surface area contributed by atoms with Crippen LogP contribution in [0.1, 0.15) is 39.4 Å². The average Bonchev–Trinajstić information content (AvgIpc) is 2.56. The van der Waals surface area contributed by atoms with Gasteiger partial charge in [-0.15, -0.1) is 0 Å². The Labute approximate surface area is 142 Å². The first-order chi connectivity index (χ1) is 11.5. The molecule has 24 heavy (non-hydrogen) atoms. The largest absolute Gasteiger partial charge is 0.336 e. The molecule has 0 aliphatic carbocycles. The first-order valence-corrected chi connectivity index (χ1v) is 8.32. The van der Waals surface area contributed by atoms with Crippen LogP contribution in [0, 0.1) is 19.7 Å². The maximum absolute atomic E-state index is 13.9. The maximum atomic E-state index is 13.9. The van der Waals surface area contributed by atoms with Crippen LogP contribution in [0.3, 0.4) is 0 Å². The molecule has 3 nitrogen and oxygen atoms in total. The van der Waals surface area contributed by atoms with Crippen molar-refractivity contribution in [2.24, 2.45) is 5.73 Å². The number of carbonyl (C=O) groups is 1. The first kappa shape index (κ1) is 16.7. The Morgan fingerprint density at radius 2 is 1.88 bits per heavy atom. The molecule has 3 rings (SSSR count). The van der Waals surface area contributed by atoms with Crippen molar-refractivity contribution in [2.75, 3.05) is 13.1 Å². The molecule has 2 unspecified atom stereocenters. The van der Waals surface area contributed by atoms with Crippen molar-refractivity contribution in [3.05, 3.63) is 70.5 Å². The summed E-state index contributed by atoms with van der Waals surface area (Å²) in [5.41, 5.74) is 9.98. The number of rotatable bonds is 2. The summed E-state index contributed by atoms with van der Waals surface area (Å²) >= 11 is 0. The smallest absolute Gasteiger partial charge is 0.256 e. The van der Waals surface area contributed by atoms with E-state index in [1.807, 2.05) is 0 Å². The number of nitrogens with two attached hydrogens (primary N) is 1. The van der Waals surface area contributed by atoms with Crippen LogP contribution in [-0.2, 0) is 0 Å². The van der Waals surface area contributed by atoms with Gasteiger partial charge in [0.15, 0.2) is 0 Å². The minimum Gasteiger partial charge on any atom is -0.336 e. The van der Waals surface area contributed by atoms with Crippen LogP contribution in [0.15, 0.2) is 42.5 Å². The van der Waals surface area contributed by atoms with Gasteiger partial charge in [0.2, 0.25) is 0 Å². The molecule has 2 aromatic rings. The topological polar surface area (TPSA) is 46.3 Å². The van der Waals surface area contributed by atoms with E-state index in [9.17, 15) is 9.18 Å². The molecule has 0 aromatic heterocycles. The number of aryl methyl sites for hydroxylation is 2. The molecule has 1 aliphatic rings. The van der Waals surface area contributed by atoms with Gasteiger partial charge in [-0.3, -0.25) is 4.79 Å². The number of amides is 1. The lowest BCUT2D eigenvalue weighted by Crippen LogP contribution is -2.48. The van der Waals surface area contributed by atoms with Crippen LogP contribution < -0.4 is 5.73 Å². The standard InChI is InChI=1S/C20H23FN2O/c1-13-7-8-15(9-14(13)2)16-10-17(22)12-23(11-16)20(24)18-5-3-4-6-19(18)21/h3-9,16-17H,10-12,22H2,1-2H3. The van der Waals surface area contributed by atoms with Crippen molar-refractivity contribution in [1.29, 1.82) is 0 Å². The van der Waals surface area contributed by atoms with Gasteiger partial charge < -0.3 is 10.6 Å². The molecule has 1 fully saturated rings. The Bertz CT molecular complexity index is 759. The molecular weight excluding hydrogens is 303 g/mol. The van der Waals surface area contributed by atoms with E-state index in [4.69, 9.17) is 5.73 Å². The van der Waals surface area contributed by atoms with E-state index < -0.39 is 5.82 Å². The maximum Gasteiger partial charge on any atom is 0.256 e. The fourth-order valence-corrected chi connectivity index (χ4v) is 3.37. The monoisotopic (exact) mass is 326 g/mol. The second-order valence-electron chi connectivity index (χ2n) is 6.73. The van der Waals surface area contributed by atoms with E-state index in [2.05, 4.69) is 32.0 Å². The minimum absolute atomic E-state index is 0.0962. The van der Waals surface area contributed by atoms with Crippen molar-refractivity contribution in [2.45, 2.75) is 32.2 Å². The highest BCUT2D eigenvalue weighted by Crippen LogP contribution is 2.29. The summed E-state index contributed by atoms with van der Waals surface area (Å²) in [6.45, 7) is 5.21. The number of likely N-dealkylation sites (tertiary alicyclic amines) is 1. The minimum atomic E-state index is -0.482. The molecule has 1 heterocycles. The molecule has 0 saturated carbocycles. The lowest BCUT2D eigenvalue weighted by atomic mass is 9.86. The Hall–Kier alpha value is -2.20. The van der Waals surface area contributed by atoms with Gasteiger partial charge in [0, 0.05) is 25.0 Å². The van der Waals surface area contributed by atoms with Gasteiger partial charge in [-0.05, 0) is 49.1 Å². The Kier molecular flexibility index (Phi) is 4.67. The number of halogens is 1. The summed E-state index contributed by atoms with van der Waals surface area (Å²) in [5, 5.41) is 0. The third-order valence-electron chi connectivity index (χ3n) is 4.88. The predicted molar refractivity (Wildman–Crippen MR) is 93.6 cm³/mol. The highest BCUT2D eigenvalue weighted by molar-refractivity contribution is 5.94. The summed E-state index contributed by atoms with van der Waals surface area (Å²) < 4.78 is 13.9. The predicted octanol–water partition coefficient (Wildman–Crippen LogP) is 3.40. The molecule has 2 atom stereocenters. The van der Waals surface area contributed by atoms with Crippen LogP contribution in [-0.4, -0.2) is 29.9 Å². The Morgan fingerprint density at radius 1 is 1.12 bits per heavy atom. The van der Waals surface area contributed by atoms with E-state index >= 15 is 0 Å². The number of hydrogen-bond acceptors (Lipinski definition) is 2. The number of carbonyl (C=O) groups excluding carboxylic acids is 1. The van der Waals surface area contributed by atoms with Crippen LogP contribution in [0.2, 0.25) is 0 Å². The average molecular weight is 326 g/mol. The SMILES string of the molecule is Cc1ccc(C2CC(N)CN(C(=O)c3ccccc3F)C2)cc1C. The zero-order valence-electron chi connectivity index (χ0n) is 14.1. The second-order valence-corrected chi connectivity index (χ2v) is 6.73.